The largest absolute Gasteiger partial charge is 0.356 e. The lowest BCUT2D eigenvalue weighted by Crippen LogP contribution is -2.41. The maximum atomic E-state index is 4.78. The van der Waals surface area contributed by atoms with Crippen LogP contribution in [-0.2, 0) is 25.3 Å². The highest BCUT2D eigenvalue weighted by atomic mass is 127. The van der Waals surface area contributed by atoms with E-state index < -0.39 is 0 Å². The SMILES string of the molecule is CN=C(NCCc1nc(C(C)(C)C)cs1)N1CCC(Cc2cnn(C)c2)C1.I. The Kier molecular flexibility index (Phi) is 8.30. The summed E-state index contributed by atoms with van der Waals surface area (Å²) in [6, 6.07) is 0. The van der Waals surface area contributed by atoms with Crippen LogP contribution < -0.4 is 5.32 Å². The highest BCUT2D eigenvalue weighted by Gasteiger charge is 2.25. The first-order valence-corrected chi connectivity index (χ1v) is 10.6. The molecule has 0 saturated carbocycles. The minimum absolute atomic E-state index is 0. The summed E-state index contributed by atoms with van der Waals surface area (Å²) in [6.07, 6.45) is 7.34. The number of rotatable bonds is 5. The fourth-order valence-electron chi connectivity index (χ4n) is 3.49. The number of aryl methyl sites for hydroxylation is 1. The maximum Gasteiger partial charge on any atom is 0.193 e. The summed E-state index contributed by atoms with van der Waals surface area (Å²) < 4.78 is 1.88. The van der Waals surface area contributed by atoms with E-state index in [1.807, 2.05) is 25.0 Å². The van der Waals surface area contributed by atoms with Crippen molar-refractivity contribution in [1.82, 2.24) is 25.0 Å². The van der Waals surface area contributed by atoms with E-state index >= 15 is 0 Å². The number of nitrogens with zero attached hydrogens (tertiary/aromatic N) is 5. The molecule has 0 bridgehead atoms. The molecule has 1 aliphatic heterocycles. The molecule has 1 saturated heterocycles. The standard InChI is InChI=1S/C20H32N6S.HI/c1-20(2,3)17-14-27-18(24-17)6-8-22-19(21-4)26-9-7-15(13-26)10-16-11-23-25(5)12-16;/h11-12,14-15H,6-10,13H2,1-5H3,(H,21,22);1H. The second-order valence-corrected chi connectivity index (χ2v) is 9.37. The zero-order valence-corrected chi connectivity index (χ0v) is 20.8. The van der Waals surface area contributed by atoms with Gasteiger partial charge in [-0.25, -0.2) is 4.98 Å². The number of likely N-dealkylation sites (tertiary alicyclic amines) is 1. The lowest BCUT2D eigenvalue weighted by Gasteiger charge is -2.21. The molecule has 1 N–H and O–H groups in total. The Balaban J connectivity index is 0.00000280. The van der Waals surface area contributed by atoms with Gasteiger partial charge in [-0.3, -0.25) is 9.67 Å². The van der Waals surface area contributed by atoms with E-state index in [9.17, 15) is 0 Å². The van der Waals surface area contributed by atoms with E-state index in [1.165, 1.54) is 22.7 Å². The van der Waals surface area contributed by atoms with Gasteiger partial charge in [0.15, 0.2) is 5.96 Å². The highest BCUT2D eigenvalue weighted by molar-refractivity contribution is 14.0. The van der Waals surface area contributed by atoms with Crippen LogP contribution in [0.3, 0.4) is 0 Å². The monoisotopic (exact) mass is 516 g/mol. The predicted octanol–water partition coefficient (Wildman–Crippen LogP) is 3.47. The highest BCUT2D eigenvalue weighted by Crippen LogP contribution is 2.24. The van der Waals surface area contributed by atoms with Crippen molar-refractivity contribution >= 4 is 41.3 Å². The lowest BCUT2D eigenvalue weighted by atomic mass is 9.93. The Morgan fingerprint density at radius 2 is 2.18 bits per heavy atom. The molecule has 0 amide bonds. The number of aromatic nitrogens is 3. The van der Waals surface area contributed by atoms with Crippen LogP contribution in [0.15, 0.2) is 22.8 Å². The first-order chi connectivity index (χ1) is 12.8. The van der Waals surface area contributed by atoms with Gasteiger partial charge in [0.1, 0.15) is 0 Å². The third kappa shape index (κ3) is 6.17. The molecular weight excluding hydrogens is 483 g/mol. The zero-order chi connectivity index (χ0) is 19.4. The minimum Gasteiger partial charge on any atom is -0.356 e. The molecular formula is C20H33IN6S. The topological polar surface area (TPSA) is 58.3 Å². The van der Waals surface area contributed by atoms with Crippen molar-refractivity contribution in [1.29, 1.82) is 0 Å². The first kappa shape index (κ1) is 23.1. The van der Waals surface area contributed by atoms with E-state index in [-0.39, 0.29) is 29.4 Å². The first-order valence-electron chi connectivity index (χ1n) is 9.73. The van der Waals surface area contributed by atoms with Crippen LogP contribution in [-0.4, -0.2) is 52.3 Å². The molecule has 8 heteroatoms. The molecule has 3 heterocycles. The summed E-state index contributed by atoms with van der Waals surface area (Å²) in [4.78, 5) is 11.6. The summed E-state index contributed by atoms with van der Waals surface area (Å²) in [5.74, 6) is 1.68. The molecule has 28 heavy (non-hydrogen) atoms. The van der Waals surface area contributed by atoms with Crippen LogP contribution in [0, 0.1) is 5.92 Å². The van der Waals surface area contributed by atoms with Gasteiger partial charge in [0.2, 0.25) is 0 Å². The number of guanidine groups is 1. The average molecular weight is 516 g/mol. The average Bonchev–Trinajstić information content (AvgIpc) is 3.33. The van der Waals surface area contributed by atoms with Crippen molar-refractivity contribution in [2.75, 3.05) is 26.7 Å². The molecule has 1 fully saturated rings. The van der Waals surface area contributed by atoms with E-state index in [0.717, 1.165) is 38.4 Å². The number of nitrogens with one attached hydrogen (secondary N) is 1. The molecule has 2 aromatic heterocycles. The Labute approximate surface area is 189 Å². The van der Waals surface area contributed by atoms with Crippen LogP contribution in [0.2, 0.25) is 0 Å². The zero-order valence-electron chi connectivity index (χ0n) is 17.6. The van der Waals surface area contributed by atoms with Gasteiger partial charge in [-0.15, -0.1) is 35.3 Å². The number of aliphatic imine (C=N–C) groups is 1. The van der Waals surface area contributed by atoms with Crippen molar-refractivity contribution in [2.24, 2.45) is 18.0 Å². The summed E-state index contributed by atoms with van der Waals surface area (Å²) in [6.45, 7) is 9.62. The van der Waals surface area contributed by atoms with Gasteiger partial charge < -0.3 is 10.2 Å². The third-order valence-electron chi connectivity index (χ3n) is 5.02. The van der Waals surface area contributed by atoms with Gasteiger partial charge in [-0.2, -0.15) is 5.10 Å². The third-order valence-corrected chi connectivity index (χ3v) is 5.93. The molecule has 0 spiro atoms. The van der Waals surface area contributed by atoms with E-state index in [1.54, 1.807) is 11.3 Å². The van der Waals surface area contributed by atoms with Crippen LogP contribution in [0.5, 0.6) is 0 Å². The van der Waals surface area contributed by atoms with Crippen LogP contribution in [0.4, 0.5) is 0 Å². The Morgan fingerprint density at radius 3 is 2.79 bits per heavy atom. The molecule has 0 radical (unpaired) electrons. The quantitative estimate of drug-likeness (QED) is 0.376. The van der Waals surface area contributed by atoms with Crippen molar-refractivity contribution in [3.8, 4) is 0 Å². The van der Waals surface area contributed by atoms with Gasteiger partial charge in [-0.05, 0) is 24.3 Å². The molecule has 1 unspecified atom stereocenters. The maximum absolute atomic E-state index is 4.78. The predicted molar refractivity (Wildman–Crippen MR) is 128 cm³/mol. The van der Waals surface area contributed by atoms with E-state index in [2.05, 4.69) is 52.7 Å². The number of hydrogen-bond donors (Lipinski definition) is 1. The fourth-order valence-corrected chi connectivity index (χ4v) is 4.51. The Hall–Kier alpha value is -1.16. The van der Waals surface area contributed by atoms with Gasteiger partial charge in [-0.1, -0.05) is 20.8 Å². The molecule has 0 aromatic carbocycles. The van der Waals surface area contributed by atoms with Crippen LogP contribution >= 0.6 is 35.3 Å². The molecule has 1 aliphatic rings. The van der Waals surface area contributed by atoms with Gasteiger partial charge in [0, 0.05) is 57.1 Å². The minimum atomic E-state index is 0. The molecule has 156 valence electrons. The molecule has 1 atom stereocenters. The summed E-state index contributed by atoms with van der Waals surface area (Å²) in [5.41, 5.74) is 2.63. The smallest absolute Gasteiger partial charge is 0.193 e. The van der Waals surface area contributed by atoms with Crippen LogP contribution in [0.25, 0.3) is 0 Å². The van der Waals surface area contributed by atoms with Crippen LogP contribution in [0.1, 0.15) is 43.5 Å². The summed E-state index contributed by atoms with van der Waals surface area (Å²) in [5, 5.41) is 11.2. The van der Waals surface area contributed by atoms with Crippen molar-refractivity contribution in [3.05, 3.63) is 34.0 Å². The molecule has 6 nitrogen and oxygen atoms in total. The fraction of sp³-hybridized carbons (Fsp3) is 0.650. The molecule has 2 aromatic rings. The number of halogens is 1. The normalized spacial score (nSPS) is 17.7. The molecule has 0 aliphatic carbocycles. The second kappa shape index (κ2) is 10.0. The number of hydrogen-bond acceptors (Lipinski definition) is 4. The van der Waals surface area contributed by atoms with E-state index in [4.69, 9.17) is 4.98 Å². The van der Waals surface area contributed by atoms with Crippen molar-refractivity contribution in [3.63, 3.8) is 0 Å². The second-order valence-electron chi connectivity index (χ2n) is 8.43. The lowest BCUT2D eigenvalue weighted by molar-refractivity contribution is 0.460. The molecule has 3 rings (SSSR count). The van der Waals surface area contributed by atoms with Gasteiger partial charge >= 0.3 is 0 Å². The summed E-state index contributed by atoms with van der Waals surface area (Å²) >= 11 is 1.76. The Morgan fingerprint density at radius 1 is 1.39 bits per heavy atom. The summed E-state index contributed by atoms with van der Waals surface area (Å²) in [7, 11) is 3.85. The van der Waals surface area contributed by atoms with Crippen molar-refractivity contribution in [2.45, 2.75) is 45.4 Å². The van der Waals surface area contributed by atoms with Gasteiger partial charge in [0.25, 0.3) is 0 Å². The van der Waals surface area contributed by atoms with Crippen molar-refractivity contribution < 1.29 is 0 Å². The Bertz CT molecular complexity index is 776. The van der Waals surface area contributed by atoms with E-state index in [0.29, 0.717) is 5.92 Å². The van der Waals surface area contributed by atoms with Gasteiger partial charge in [0.05, 0.1) is 16.9 Å². The number of thiazole rings is 1.